The Balaban J connectivity index is 0.000000426. The van der Waals surface area contributed by atoms with Crippen molar-refractivity contribution in [3.8, 4) is 0 Å². The number of alkyl halides is 3. The van der Waals surface area contributed by atoms with E-state index in [1.165, 1.54) is 27.7 Å². The van der Waals surface area contributed by atoms with Gasteiger partial charge in [-0.15, -0.1) is 0 Å². The van der Waals surface area contributed by atoms with Crippen molar-refractivity contribution in [3.05, 3.63) is 107 Å². The predicted octanol–water partition coefficient (Wildman–Crippen LogP) is 5.00. The second-order valence-electron chi connectivity index (χ2n) is 8.92. The van der Waals surface area contributed by atoms with E-state index in [-0.39, 0.29) is 0 Å². The molecule has 0 fully saturated rings. The van der Waals surface area contributed by atoms with Crippen LogP contribution in [0.4, 0.5) is 13.2 Å². The largest absolute Gasteiger partial charge is 0.490 e. The highest BCUT2D eigenvalue weighted by molar-refractivity contribution is 5.93. The molecular weight excluding hydrogens is 499 g/mol. The molecule has 3 aromatic carbocycles. The van der Waals surface area contributed by atoms with Crippen LogP contribution in [0, 0.1) is 0 Å². The normalized spacial score (nSPS) is 13.4. The Morgan fingerprint density at radius 3 is 2.11 bits per heavy atom. The molecule has 0 radical (unpaired) electrons. The first-order valence-electron chi connectivity index (χ1n) is 11.9. The van der Waals surface area contributed by atoms with Crippen molar-refractivity contribution >= 4 is 22.8 Å². The van der Waals surface area contributed by atoms with Crippen LogP contribution in [0.3, 0.4) is 0 Å². The zero-order valence-corrected chi connectivity index (χ0v) is 20.3. The summed E-state index contributed by atoms with van der Waals surface area (Å²) in [5.74, 6) is -3.25. The van der Waals surface area contributed by atoms with E-state index in [4.69, 9.17) is 15.1 Å². The van der Waals surface area contributed by atoms with Gasteiger partial charge in [0.15, 0.2) is 0 Å². The molecule has 1 amide bonds. The van der Waals surface area contributed by atoms with Gasteiger partial charge in [0, 0.05) is 54.8 Å². The fourth-order valence-corrected chi connectivity index (χ4v) is 4.62. The van der Waals surface area contributed by atoms with Crippen LogP contribution in [0.5, 0.6) is 0 Å². The number of fused-ring (bicyclic) bond motifs is 3. The molecule has 2 heterocycles. The van der Waals surface area contributed by atoms with Gasteiger partial charge in [0.2, 0.25) is 0 Å². The van der Waals surface area contributed by atoms with Crippen LogP contribution in [0.25, 0.3) is 10.9 Å². The Morgan fingerprint density at radius 2 is 1.47 bits per heavy atom. The van der Waals surface area contributed by atoms with Crippen LogP contribution in [0.2, 0.25) is 0 Å². The van der Waals surface area contributed by atoms with Gasteiger partial charge in [-0.2, -0.15) is 13.2 Å². The first-order chi connectivity index (χ1) is 18.2. The van der Waals surface area contributed by atoms with E-state index < -0.39 is 18.1 Å². The smallest absolute Gasteiger partial charge is 0.475 e. The third-order valence-corrected chi connectivity index (χ3v) is 6.39. The van der Waals surface area contributed by atoms with Crippen molar-refractivity contribution in [2.45, 2.75) is 32.2 Å². The molecule has 1 aliphatic heterocycles. The number of aromatic nitrogens is 1. The Hall–Kier alpha value is -4.15. The lowest BCUT2D eigenvalue weighted by Gasteiger charge is -2.28. The molecule has 0 aliphatic carbocycles. The second-order valence-corrected chi connectivity index (χ2v) is 8.92. The monoisotopic (exact) mass is 525 g/mol. The number of aliphatic carboxylic acids is 1. The minimum atomic E-state index is -5.08. The zero-order valence-electron chi connectivity index (χ0n) is 20.3. The Kier molecular flexibility index (Phi) is 8.13. The van der Waals surface area contributed by atoms with E-state index in [1.807, 2.05) is 12.1 Å². The molecule has 0 unspecified atom stereocenters. The van der Waals surface area contributed by atoms with Crippen LogP contribution >= 0.6 is 0 Å². The van der Waals surface area contributed by atoms with Gasteiger partial charge in [0.25, 0.3) is 5.91 Å². The maximum atomic E-state index is 11.6. The first kappa shape index (κ1) is 26.9. The highest BCUT2D eigenvalue weighted by atomic mass is 19.4. The van der Waals surface area contributed by atoms with E-state index in [2.05, 4.69) is 64.1 Å². The van der Waals surface area contributed by atoms with Crippen molar-refractivity contribution < 1.29 is 33.1 Å². The summed E-state index contributed by atoms with van der Waals surface area (Å²) in [4.78, 5) is 23.0. The Morgan fingerprint density at radius 1 is 0.868 bits per heavy atom. The fraction of sp³-hybridized carbons (Fsp3) is 0.214. The second kappa shape index (κ2) is 11.5. The highest BCUT2D eigenvalue weighted by Gasteiger charge is 2.38. The summed E-state index contributed by atoms with van der Waals surface area (Å²) in [6.07, 6.45) is -4.07. The van der Waals surface area contributed by atoms with Gasteiger partial charge in [0.05, 0.1) is 0 Å². The van der Waals surface area contributed by atoms with Gasteiger partial charge in [-0.05, 0) is 34.9 Å². The third-order valence-electron chi connectivity index (χ3n) is 6.39. The molecule has 38 heavy (non-hydrogen) atoms. The Labute approximate surface area is 216 Å². The van der Waals surface area contributed by atoms with Crippen molar-refractivity contribution in [1.29, 1.82) is 0 Å². The first-order valence-corrected chi connectivity index (χ1v) is 11.9. The van der Waals surface area contributed by atoms with Gasteiger partial charge in [-0.3, -0.25) is 14.9 Å². The predicted molar refractivity (Wildman–Crippen MR) is 135 cm³/mol. The summed E-state index contributed by atoms with van der Waals surface area (Å²) >= 11 is 0. The van der Waals surface area contributed by atoms with E-state index in [1.54, 1.807) is 17.6 Å². The number of benzene rings is 3. The van der Waals surface area contributed by atoms with E-state index in [0.717, 1.165) is 38.2 Å². The molecule has 3 N–H and O–H groups in total. The van der Waals surface area contributed by atoms with Gasteiger partial charge in [-0.25, -0.2) is 10.3 Å². The van der Waals surface area contributed by atoms with Crippen LogP contribution in [-0.2, 0) is 30.8 Å². The summed E-state index contributed by atoms with van der Waals surface area (Å²) in [6, 6.07) is 26.7. The molecular formula is C28H26F3N3O4. The molecule has 0 atom stereocenters. The summed E-state index contributed by atoms with van der Waals surface area (Å²) in [6.45, 7) is 3.71. The van der Waals surface area contributed by atoms with Gasteiger partial charge in [-0.1, -0.05) is 60.7 Å². The van der Waals surface area contributed by atoms with Crippen LogP contribution < -0.4 is 5.48 Å². The number of nitrogens with zero attached hydrogens (tertiary/aromatic N) is 2. The lowest BCUT2D eigenvalue weighted by Crippen LogP contribution is -2.30. The highest BCUT2D eigenvalue weighted by Crippen LogP contribution is 2.32. The molecule has 0 saturated heterocycles. The third kappa shape index (κ3) is 6.21. The minimum Gasteiger partial charge on any atom is -0.475 e. The topological polar surface area (TPSA) is 94.8 Å². The van der Waals surface area contributed by atoms with Gasteiger partial charge in [0.1, 0.15) is 0 Å². The lowest BCUT2D eigenvalue weighted by atomic mass is 10.0. The van der Waals surface area contributed by atoms with E-state index in [9.17, 15) is 18.0 Å². The van der Waals surface area contributed by atoms with Crippen LogP contribution in [0.15, 0.2) is 78.9 Å². The average Bonchev–Trinajstić information content (AvgIpc) is 3.22. The molecule has 198 valence electrons. The summed E-state index contributed by atoms with van der Waals surface area (Å²) in [5, 5.41) is 17.3. The minimum absolute atomic E-state index is 0.446. The number of nitrogens with one attached hydrogen (secondary N) is 1. The zero-order chi connectivity index (χ0) is 27.3. The molecule has 0 spiro atoms. The SMILES string of the molecule is O=C(NO)c1ccc(Cn2c3c(c4ccccc42)CN(Cc2ccccc2)CC3)cc1.O=C(O)C(F)(F)F. The quantitative estimate of drug-likeness (QED) is 0.252. The van der Waals surface area contributed by atoms with Crippen molar-refractivity contribution in [2.24, 2.45) is 0 Å². The van der Waals surface area contributed by atoms with Crippen LogP contribution in [-0.4, -0.2) is 44.4 Å². The molecule has 4 aromatic rings. The fourth-order valence-electron chi connectivity index (χ4n) is 4.62. The number of carbonyl (C=O) groups excluding carboxylic acids is 1. The molecule has 1 aromatic heterocycles. The summed E-state index contributed by atoms with van der Waals surface area (Å²) in [5.41, 5.74) is 8.69. The summed E-state index contributed by atoms with van der Waals surface area (Å²) in [7, 11) is 0. The molecule has 7 nitrogen and oxygen atoms in total. The maximum absolute atomic E-state index is 11.6. The molecule has 5 rings (SSSR count). The van der Waals surface area contributed by atoms with Crippen LogP contribution in [0.1, 0.15) is 32.7 Å². The number of hydrogen-bond donors (Lipinski definition) is 3. The number of rotatable bonds is 5. The number of hydrogen-bond acceptors (Lipinski definition) is 4. The number of carboxylic acid groups (broad SMARTS) is 1. The number of amides is 1. The number of carbonyl (C=O) groups is 2. The molecule has 0 saturated carbocycles. The van der Waals surface area contributed by atoms with Crippen molar-refractivity contribution in [3.63, 3.8) is 0 Å². The number of para-hydroxylation sites is 1. The lowest BCUT2D eigenvalue weighted by molar-refractivity contribution is -0.192. The van der Waals surface area contributed by atoms with Crippen molar-refractivity contribution in [2.75, 3.05) is 6.54 Å². The Bertz CT molecular complexity index is 1420. The molecule has 1 aliphatic rings. The van der Waals surface area contributed by atoms with Gasteiger partial charge >= 0.3 is 12.1 Å². The van der Waals surface area contributed by atoms with E-state index >= 15 is 0 Å². The average molecular weight is 526 g/mol. The molecule has 10 heteroatoms. The van der Waals surface area contributed by atoms with Crippen molar-refractivity contribution in [1.82, 2.24) is 14.9 Å². The standard InChI is InChI=1S/C26H25N3O2.C2HF3O2/c30-26(27-31)21-12-10-20(11-13-21)17-29-24-9-5-4-8-22(24)23-18-28(15-14-25(23)29)16-19-6-2-1-3-7-19;3-2(4,5)1(6)7/h1-13,31H,14-18H2,(H,27,30);(H,6,7). The maximum Gasteiger partial charge on any atom is 0.490 e. The van der Waals surface area contributed by atoms with Gasteiger partial charge < -0.3 is 9.67 Å². The molecule has 0 bridgehead atoms. The number of hydroxylamine groups is 1. The number of carboxylic acids is 1. The van der Waals surface area contributed by atoms with E-state index in [0.29, 0.717) is 5.56 Å². The summed E-state index contributed by atoms with van der Waals surface area (Å²) < 4.78 is 34.2. The number of halogens is 3.